The van der Waals surface area contributed by atoms with Crippen molar-refractivity contribution in [3.63, 3.8) is 0 Å². The van der Waals surface area contributed by atoms with E-state index in [-0.39, 0.29) is 23.0 Å². The van der Waals surface area contributed by atoms with E-state index >= 15 is 0 Å². The number of hydrogen-bond donors (Lipinski definition) is 2. The monoisotopic (exact) mass is 428 g/mol. The van der Waals surface area contributed by atoms with Crippen molar-refractivity contribution in [1.82, 2.24) is 0 Å². The molecule has 11 heteroatoms. The summed E-state index contributed by atoms with van der Waals surface area (Å²) in [6.45, 7) is 2.92. The minimum Gasteiger partial charge on any atom is -0.382 e. The van der Waals surface area contributed by atoms with Crippen LogP contribution in [0, 0.1) is 0 Å². The van der Waals surface area contributed by atoms with E-state index in [0.717, 1.165) is 0 Å². The molecule has 0 radical (unpaired) electrons. The van der Waals surface area contributed by atoms with E-state index < -0.39 is 26.3 Å². The van der Waals surface area contributed by atoms with Gasteiger partial charge in [-0.15, -0.1) is 0 Å². The van der Waals surface area contributed by atoms with Crippen LogP contribution in [0.2, 0.25) is 0 Å². The summed E-state index contributed by atoms with van der Waals surface area (Å²) in [7, 11) is -7.29. The second-order valence-corrected chi connectivity index (χ2v) is 9.21. The smallest absolute Gasteiger partial charge is 0.323 e. The molecular weight excluding hydrogens is 408 g/mol. The molecule has 0 aliphatic carbocycles. The van der Waals surface area contributed by atoms with Crippen LogP contribution >= 0.6 is 0 Å². The van der Waals surface area contributed by atoms with Gasteiger partial charge in [-0.2, -0.15) is 16.8 Å². The Hall–Kier alpha value is -2.79. The first-order chi connectivity index (χ1) is 13.1. The standard InChI is InChI=1S/C17H20N2O7S2/c1-3-27(21,22)25-15-10-8-13(9-11-15)18-17(20)19-14-6-5-7-16(12-14)26-28(23,24)4-2/h5-12H,3-4H2,1-2H3,(H2,18,19,20). The van der Waals surface area contributed by atoms with Crippen LogP contribution in [0.25, 0.3) is 0 Å². The summed E-state index contributed by atoms with van der Waals surface area (Å²) in [6.07, 6.45) is 0. The number of amides is 2. The minimum atomic E-state index is -3.67. The Labute approximate surface area is 163 Å². The lowest BCUT2D eigenvalue weighted by Crippen LogP contribution is -2.19. The van der Waals surface area contributed by atoms with E-state index in [1.54, 1.807) is 6.07 Å². The van der Waals surface area contributed by atoms with Gasteiger partial charge in [-0.3, -0.25) is 0 Å². The van der Waals surface area contributed by atoms with Crippen LogP contribution in [0.1, 0.15) is 13.8 Å². The molecular formula is C17H20N2O7S2. The molecule has 2 N–H and O–H groups in total. The van der Waals surface area contributed by atoms with Gasteiger partial charge in [0.1, 0.15) is 11.5 Å². The zero-order valence-electron chi connectivity index (χ0n) is 15.2. The number of carbonyl (C=O) groups excluding carboxylic acids is 1. The summed E-state index contributed by atoms with van der Waals surface area (Å²) in [6, 6.07) is 11.1. The van der Waals surface area contributed by atoms with Gasteiger partial charge in [-0.25, -0.2) is 4.79 Å². The summed E-state index contributed by atoms with van der Waals surface area (Å²) in [5, 5.41) is 5.10. The Balaban J connectivity index is 1.99. The largest absolute Gasteiger partial charge is 0.382 e. The van der Waals surface area contributed by atoms with E-state index in [4.69, 9.17) is 8.37 Å². The third-order valence-corrected chi connectivity index (χ3v) is 5.66. The van der Waals surface area contributed by atoms with E-state index in [2.05, 4.69) is 10.6 Å². The number of rotatable bonds is 8. The van der Waals surface area contributed by atoms with Crippen LogP contribution in [0.15, 0.2) is 48.5 Å². The predicted molar refractivity (Wildman–Crippen MR) is 106 cm³/mol. The molecule has 2 rings (SSSR count). The maximum atomic E-state index is 12.1. The fraction of sp³-hybridized carbons (Fsp3) is 0.235. The molecule has 0 aliphatic heterocycles. The predicted octanol–water partition coefficient (Wildman–Crippen LogP) is 2.79. The maximum Gasteiger partial charge on any atom is 0.323 e. The zero-order chi connectivity index (χ0) is 20.8. The van der Waals surface area contributed by atoms with Gasteiger partial charge < -0.3 is 19.0 Å². The highest BCUT2D eigenvalue weighted by atomic mass is 32.2. The van der Waals surface area contributed by atoms with Crippen LogP contribution in [0.3, 0.4) is 0 Å². The third kappa shape index (κ3) is 6.74. The number of hydrogen-bond acceptors (Lipinski definition) is 7. The minimum absolute atomic E-state index is 0.0817. The lowest BCUT2D eigenvalue weighted by molar-refractivity contribution is 0.262. The summed E-state index contributed by atoms with van der Waals surface area (Å²) in [4.78, 5) is 12.1. The molecule has 0 heterocycles. The Morgan fingerprint density at radius 3 is 1.89 bits per heavy atom. The molecule has 0 atom stereocenters. The number of benzene rings is 2. The maximum absolute atomic E-state index is 12.1. The first-order valence-corrected chi connectivity index (χ1v) is 11.4. The molecule has 2 amide bonds. The molecule has 9 nitrogen and oxygen atoms in total. The molecule has 0 fully saturated rings. The molecule has 2 aromatic carbocycles. The summed E-state index contributed by atoms with van der Waals surface area (Å²) >= 11 is 0. The molecule has 2 aromatic rings. The van der Waals surface area contributed by atoms with Crippen LogP contribution in [-0.2, 0) is 20.2 Å². The average Bonchev–Trinajstić information content (AvgIpc) is 2.63. The van der Waals surface area contributed by atoms with Gasteiger partial charge in [-0.05, 0) is 50.2 Å². The quantitative estimate of drug-likeness (QED) is 0.619. The van der Waals surface area contributed by atoms with Gasteiger partial charge in [0, 0.05) is 17.4 Å². The molecule has 28 heavy (non-hydrogen) atoms. The lowest BCUT2D eigenvalue weighted by Gasteiger charge is -2.10. The van der Waals surface area contributed by atoms with Crippen LogP contribution < -0.4 is 19.0 Å². The highest BCUT2D eigenvalue weighted by Crippen LogP contribution is 2.20. The Bertz CT molecular complexity index is 1030. The van der Waals surface area contributed by atoms with Crippen molar-refractivity contribution in [3.8, 4) is 11.5 Å². The van der Waals surface area contributed by atoms with E-state index in [9.17, 15) is 21.6 Å². The van der Waals surface area contributed by atoms with Crippen molar-refractivity contribution >= 4 is 37.6 Å². The van der Waals surface area contributed by atoms with Gasteiger partial charge in [0.15, 0.2) is 0 Å². The van der Waals surface area contributed by atoms with E-state index in [0.29, 0.717) is 11.4 Å². The molecule has 0 aliphatic rings. The van der Waals surface area contributed by atoms with Crippen molar-refractivity contribution in [1.29, 1.82) is 0 Å². The second kappa shape index (κ2) is 8.93. The molecule has 0 spiro atoms. The second-order valence-electron chi connectivity index (χ2n) is 5.49. The zero-order valence-corrected chi connectivity index (χ0v) is 16.8. The summed E-state index contributed by atoms with van der Waals surface area (Å²) < 4.78 is 55.6. The van der Waals surface area contributed by atoms with E-state index in [1.165, 1.54) is 56.3 Å². The van der Waals surface area contributed by atoms with Crippen molar-refractivity contribution in [2.45, 2.75) is 13.8 Å². The van der Waals surface area contributed by atoms with Crippen LogP contribution in [0.4, 0.5) is 16.2 Å². The molecule has 0 saturated carbocycles. The normalized spacial score (nSPS) is 11.5. The Morgan fingerprint density at radius 1 is 0.786 bits per heavy atom. The van der Waals surface area contributed by atoms with Crippen LogP contribution in [0.5, 0.6) is 11.5 Å². The van der Waals surface area contributed by atoms with Gasteiger partial charge in [0.2, 0.25) is 0 Å². The van der Waals surface area contributed by atoms with Gasteiger partial charge >= 0.3 is 26.3 Å². The summed E-state index contributed by atoms with van der Waals surface area (Å²) in [5.41, 5.74) is 0.731. The average molecular weight is 428 g/mol. The molecule has 152 valence electrons. The van der Waals surface area contributed by atoms with E-state index in [1.807, 2.05) is 0 Å². The topological polar surface area (TPSA) is 128 Å². The lowest BCUT2D eigenvalue weighted by atomic mass is 10.3. The molecule has 0 saturated heterocycles. The van der Waals surface area contributed by atoms with Gasteiger partial charge in [-0.1, -0.05) is 6.07 Å². The van der Waals surface area contributed by atoms with Gasteiger partial charge in [0.25, 0.3) is 0 Å². The highest BCUT2D eigenvalue weighted by Gasteiger charge is 2.11. The molecule has 0 bridgehead atoms. The molecule has 0 aromatic heterocycles. The number of anilines is 2. The fourth-order valence-electron chi connectivity index (χ4n) is 1.92. The number of nitrogens with one attached hydrogen (secondary N) is 2. The Kier molecular flexibility index (Phi) is 6.86. The first-order valence-electron chi connectivity index (χ1n) is 8.25. The summed E-state index contributed by atoms with van der Waals surface area (Å²) in [5.74, 6) is -0.115. The fourth-order valence-corrected chi connectivity index (χ4v) is 2.96. The number of carbonyl (C=O) groups is 1. The SMILES string of the molecule is CCS(=O)(=O)Oc1ccc(NC(=O)Nc2cccc(OS(=O)(=O)CC)c2)cc1. The Morgan fingerprint density at radius 2 is 1.32 bits per heavy atom. The van der Waals surface area contributed by atoms with Crippen molar-refractivity contribution in [2.75, 3.05) is 22.1 Å². The van der Waals surface area contributed by atoms with Crippen molar-refractivity contribution in [3.05, 3.63) is 48.5 Å². The van der Waals surface area contributed by atoms with Gasteiger partial charge in [0.05, 0.1) is 11.5 Å². The third-order valence-electron chi connectivity index (χ3n) is 3.36. The highest BCUT2D eigenvalue weighted by molar-refractivity contribution is 7.87. The first kappa shape index (κ1) is 21.5. The van der Waals surface area contributed by atoms with Crippen LogP contribution in [-0.4, -0.2) is 34.4 Å². The van der Waals surface area contributed by atoms with Crippen molar-refractivity contribution < 1.29 is 30.0 Å². The van der Waals surface area contributed by atoms with Crippen molar-refractivity contribution in [2.24, 2.45) is 0 Å². The molecule has 0 unspecified atom stereocenters. The number of urea groups is 1.